The van der Waals surface area contributed by atoms with Crippen molar-refractivity contribution >= 4 is 34.1 Å². The standard InChI is InChI=1S/C14H8ClF2N5O/c15-6-3-7-8(5-20-14(7)19-4-6)13(23)11-9(16)1-2-10(12(11)17)21-22-18/h1-5H,(H2,18,21)(H,19,20). The molecule has 0 spiro atoms. The van der Waals surface area contributed by atoms with Gasteiger partial charge in [-0.15, -0.1) is 5.11 Å². The minimum absolute atomic E-state index is 0.0367. The van der Waals surface area contributed by atoms with E-state index in [1.165, 1.54) is 18.5 Å². The second-order valence-corrected chi connectivity index (χ2v) is 4.99. The normalized spacial score (nSPS) is 11.4. The number of benzene rings is 1. The molecule has 0 atom stereocenters. The fourth-order valence-corrected chi connectivity index (χ4v) is 2.35. The Hall–Kier alpha value is -2.87. The lowest BCUT2D eigenvalue weighted by Gasteiger charge is -2.05. The first-order valence-electron chi connectivity index (χ1n) is 6.29. The van der Waals surface area contributed by atoms with Gasteiger partial charge in [0.05, 0.1) is 10.6 Å². The number of pyridine rings is 1. The molecule has 116 valence electrons. The molecule has 0 bridgehead atoms. The molecule has 0 saturated heterocycles. The van der Waals surface area contributed by atoms with Gasteiger partial charge in [0.2, 0.25) is 5.78 Å². The highest BCUT2D eigenvalue weighted by Gasteiger charge is 2.24. The minimum atomic E-state index is -1.14. The summed E-state index contributed by atoms with van der Waals surface area (Å²) in [6.45, 7) is 0. The number of hydrogen-bond acceptors (Lipinski definition) is 4. The summed E-state index contributed by atoms with van der Waals surface area (Å²) >= 11 is 5.85. The van der Waals surface area contributed by atoms with Gasteiger partial charge in [-0.25, -0.2) is 13.8 Å². The highest BCUT2D eigenvalue weighted by atomic mass is 35.5. The summed E-state index contributed by atoms with van der Waals surface area (Å²) in [6.07, 6.45) is 2.70. The molecule has 0 aliphatic rings. The molecule has 2 heterocycles. The van der Waals surface area contributed by atoms with Crippen LogP contribution in [-0.2, 0) is 0 Å². The van der Waals surface area contributed by atoms with Gasteiger partial charge in [0.15, 0.2) is 5.82 Å². The maximum absolute atomic E-state index is 14.3. The lowest BCUT2D eigenvalue weighted by molar-refractivity contribution is 0.103. The second kappa shape index (κ2) is 5.73. The number of carbonyl (C=O) groups excluding carboxylic acids is 1. The topological polar surface area (TPSA) is 96.5 Å². The fraction of sp³-hybridized carbons (Fsp3) is 0. The summed E-state index contributed by atoms with van der Waals surface area (Å²) in [5, 5.41) is 6.90. The highest BCUT2D eigenvalue weighted by molar-refractivity contribution is 6.31. The second-order valence-electron chi connectivity index (χ2n) is 4.55. The van der Waals surface area contributed by atoms with Crippen LogP contribution in [0.25, 0.3) is 11.0 Å². The average Bonchev–Trinajstić information content (AvgIpc) is 2.93. The number of carbonyl (C=O) groups is 1. The van der Waals surface area contributed by atoms with Crippen LogP contribution >= 0.6 is 11.6 Å². The van der Waals surface area contributed by atoms with Crippen molar-refractivity contribution in [3.8, 4) is 0 Å². The maximum atomic E-state index is 14.3. The third-order valence-electron chi connectivity index (χ3n) is 3.21. The number of aromatic nitrogens is 2. The zero-order chi connectivity index (χ0) is 16.6. The number of halogens is 3. The molecular formula is C14H8ClF2N5O. The Labute approximate surface area is 133 Å². The van der Waals surface area contributed by atoms with Crippen molar-refractivity contribution in [3.05, 3.63) is 58.4 Å². The molecule has 0 unspecified atom stereocenters. The van der Waals surface area contributed by atoms with Gasteiger partial charge >= 0.3 is 0 Å². The molecule has 2 aromatic heterocycles. The summed E-state index contributed by atoms with van der Waals surface area (Å²) in [6, 6.07) is 3.43. The van der Waals surface area contributed by atoms with E-state index in [1.54, 1.807) is 0 Å². The minimum Gasteiger partial charge on any atom is -0.345 e. The van der Waals surface area contributed by atoms with Crippen molar-refractivity contribution in [1.29, 1.82) is 0 Å². The number of H-pyrrole nitrogens is 1. The Balaban J connectivity index is 2.20. The van der Waals surface area contributed by atoms with Crippen LogP contribution in [0.1, 0.15) is 15.9 Å². The van der Waals surface area contributed by atoms with Crippen molar-refractivity contribution in [2.75, 3.05) is 0 Å². The summed E-state index contributed by atoms with van der Waals surface area (Å²) in [7, 11) is 0. The van der Waals surface area contributed by atoms with Gasteiger partial charge in [-0.1, -0.05) is 16.8 Å². The van der Waals surface area contributed by atoms with Crippen LogP contribution in [0.4, 0.5) is 14.5 Å². The van der Waals surface area contributed by atoms with E-state index in [0.29, 0.717) is 11.0 Å². The summed E-state index contributed by atoms with van der Waals surface area (Å²) in [4.78, 5) is 19.3. The Morgan fingerprint density at radius 3 is 2.87 bits per heavy atom. The summed E-state index contributed by atoms with van der Waals surface area (Å²) in [5.41, 5.74) is -0.685. The van der Waals surface area contributed by atoms with Gasteiger partial charge < -0.3 is 10.8 Å². The van der Waals surface area contributed by atoms with E-state index in [1.807, 2.05) is 0 Å². The van der Waals surface area contributed by atoms with E-state index in [4.69, 9.17) is 17.4 Å². The van der Waals surface area contributed by atoms with Gasteiger partial charge in [0, 0.05) is 23.3 Å². The molecule has 23 heavy (non-hydrogen) atoms. The molecule has 6 nitrogen and oxygen atoms in total. The molecule has 0 radical (unpaired) electrons. The Bertz CT molecular complexity index is 954. The SMILES string of the molecule is NN=Nc1ccc(F)c(C(=O)c2c[nH]c3ncc(Cl)cc23)c1F. The molecular weight excluding hydrogens is 328 g/mol. The zero-order valence-corrected chi connectivity index (χ0v) is 12.1. The number of nitrogens with one attached hydrogen (secondary N) is 1. The van der Waals surface area contributed by atoms with Gasteiger partial charge in [-0.3, -0.25) is 4.79 Å². The Morgan fingerprint density at radius 2 is 2.13 bits per heavy atom. The van der Waals surface area contributed by atoms with Crippen molar-refractivity contribution in [3.63, 3.8) is 0 Å². The van der Waals surface area contributed by atoms with E-state index in [9.17, 15) is 13.6 Å². The molecule has 0 aliphatic heterocycles. The molecule has 0 amide bonds. The number of aromatic amines is 1. The smallest absolute Gasteiger partial charge is 0.201 e. The summed E-state index contributed by atoms with van der Waals surface area (Å²) in [5.74, 6) is 1.83. The molecule has 0 saturated carbocycles. The van der Waals surface area contributed by atoms with E-state index in [-0.39, 0.29) is 16.3 Å². The van der Waals surface area contributed by atoms with Gasteiger partial charge in [-0.2, -0.15) is 0 Å². The van der Waals surface area contributed by atoms with E-state index >= 15 is 0 Å². The molecule has 3 aromatic rings. The molecule has 3 N–H and O–H groups in total. The molecule has 0 aliphatic carbocycles. The number of nitrogens with two attached hydrogens (primary N) is 1. The van der Waals surface area contributed by atoms with Crippen molar-refractivity contribution in [1.82, 2.24) is 9.97 Å². The van der Waals surface area contributed by atoms with Crippen LogP contribution < -0.4 is 5.84 Å². The number of hydrogen-bond donors (Lipinski definition) is 2. The van der Waals surface area contributed by atoms with E-state index in [0.717, 1.165) is 12.1 Å². The van der Waals surface area contributed by atoms with Gasteiger partial charge in [0.1, 0.15) is 17.2 Å². The van der Waals surface area contributed by atoms with Crippen molar-refractivity contribution in [2.45, 2.75) is 0 Å². The van der Waals surface area contributed by atoms with Crippen LogP contribution in [0.5, 0.6) is 0 Å². The Kier molecular flexibility index (Phi) is 3.75. The third kappa shape index (κ3) is 2.53. The fourth-order valence-electron chi connectivity index (χ4n) is 2.19. The third-order valence-corrected chi connectivity index (χ3v) is 3.41. The molecule has 1 aromatic carbocycles. The van der Waals surface area contributed by atoms with Crippen LogP contribution in [0.15, 0.2) is 40.9 Å². The number of fused-ring (bicyclic) bond motifs is 1. The first-order chi connectivity index (χ1) is 11.0. The van der Waals surface area contributed by atoms with Crippen LogP contribution in [-0.4, -0.2) is 15.8 Å². The van der Waals surface area contributed by atoms with Crippen LogP contribution in [0, 0.1) is 11.6 Å². The summed E-state index contributed by atoms with van der Waals surface area (Å²) < 4.78 is 28.3. The molecule has 3 rings (SSSR count). The predicted molar refractivity (Wildman–Crippen MR) is 79.6 cm³/mol. The van der Waals surface area contributed by atoms with Crippen LogP contribution in [0.3, 0.4) is 0 Å². The van der Waals surface area contributed by atoms with E-state index < -0.39 is 23.0 Å². The van der Waals surface area contributed by atoms with Crippen molar-refractivity contribution in [2.24, 2.45) is 16.2 Å². The number of ketones is 1. The lowest BCUT2D eigenvalue weighted by atomic mass is 10.0. The van der Waals surface area contributed by atoms with Crippen molar-refractivity contribution < 1.29 is 13.6 Å². The first-order valence-corrected chi connectivity index (χ1v) is 6.67. The monoisotopic (exact) mass is 335 g/mol. The van der Waals surface area contributed by atoms with Crippen LogP contribution in [0.2, 0.25) is 5.02 Å². The van der Waals surface area contributed by atoms with E-state index in [2.05, 4.69) is 20.3 Å². The number of rotatable bonds is 3. The Morgan fingerprint density at radius 1 is 1.35 bits per heavy atom. The maximum Gasteiger partial charge on any atom is 0.201 e. The lowest BCUT2D eigenvalue weighted by Crippen LogP contribution is -2.07. The number of nitrogens with zero attached hydrogens (tertiary/aromatic N) is 3. The quantitative estimate of drug-likeness (QED) is 0.330. The van der Waals surface area contributed by atoms with Gasteiger partial charge in [0.25, 0.3) is 0 Å². The predicted octanol–water partition coefficient (Wildman–Crippen LogP) is 3.68. The molecule has 9 heteroatoms. The molecule has 0 fully saturated rings. The van der Waals surface area contributed by atoms with Gasteiger partial charge in [-0.05, 0) is 18.2 Å². The largest absolute Gasteiger partial charge is 0.345 e. The first kappa shape index (κ1) is 15.0. The average molecular weight is 336 g/mol. The zero-order valence-electron chi connectivity index (χ0n) is 11.3. The highest BCUT2D eigenvalue weighted by Crippen LogP contribution is 2.28.